The molecule has 3 aliphatic rings. The van der Waals surface area contributed by atoms with Gasteiger partial charge in [0.25, 0.3) is 5.91 Å². The van der Waals surface area contributed by atoms with Gasteiger partial charge in [-0.05, 0) is 68.9 Å². The van der Waals surface area contributed by atoms with Gasteiger partial charge in [0, 0.05) is 31.9 Å². The average Bonchev–Trinajstić information content (AvgIpc) is 3.89. The van der Waals surface area contributed by atoms with Gasteiger partial charge in [0.05, 0.1) is 35.6 Å². The third kappa shape index (κ3) is 7.55. The van der Waals surface area contributed by atoms with Crippen LogP contribution in [0.1, 0.15) is 111 Å². The molecule has 44 heavy (non-hydrogen) atoms. The summed E-state index contributed by atoms with van der Waals surface area (Å²) in [6, 6.07) is -1.22. The van der Waals surface area contributed by atoms with E-state index in [-0.39, 0.29) is 43.4 Å². The van der Waals surface area contributed by atoms with Gasteiger partial charge in [0.15, 0.2) is 5.82 Å². The molecule has 0 aromatic carbocycles. The van der Waals surface area contributed by atoms with E-state index in [0.29, 0.717) is 28.3 Å². The van der Waals surface area contributed by atoms with Crippen molar-refractivity contribution in [2.75, 3.05) is 0 Å². The molecule has 2 amide bonds. The molecular weight excluding hydrogens is 587 g/mol. The molecule has 3 atom stereocenters. The number of aromatic nitrogens is 3. The Morgan fingerprint density at radius 1 is 1.16 bits per heavy atom. The lowest BCUT2D eigenvalue weighted by molar-refractivity contribution is -0.174. The molecule has 2 aromatic heterocycles. The lowest BCUT2D eigenvalue weighted by Crippen LogP contribution is -2.39. The number of rotatable bonds is 12. The summed E-state index contributed by atoms with van der Waals surface area (Å²) >= 11 is 0. The third-order valence-electron chi connectivity index (χ3n) is 8.84. The molecule has 5 rings (SSSR count). The van der Waals surface area contributed by atoms with E-state index in [1.54, 1.807) is 19.2 Å². The van der Waals surface area contributed by atoms with Crippen LogP contribution in [0.25, 0.3) is 6.08 Å². The Bertz CT molecular complexity index is 1400. The second kappa shape index (κ2) is 12.4. The summed E-state index contributed by atoms with van der Waals surface area (Å²) in [6.45, 7) is 6.33. The van der Waals surface area contributed by atoms with E-state index in [0.717, 1.165) is 32.6 Å². The van der Waals surface area contributed by atoms with Crippen molar-refractivity contribution in [1.29, 1.82) is 0 Å². The molecule has 2 N–H and O–H groups in total. The molecule has 2 aromatic rings. The summed E-state index contributed by atoms with van der Waals surface area (Å²) < 4.78 is 73.6. The van der Waals surface area contributed by atoms with E-state index >= 15 is 0 Å². The lowest BCUT2D eigenvalue weighted by atomic mass is 9.81. The van der Waals surface area contributed by atoms with Gasteiger partial charge in [-0.15, -0.1) is 0 Å². The largest absolute Gasteiger partial charge is 0.392 e. The Balaban J connectivity index is 1.39. The molecule has 0 bridgehead atoms. The molecule has 0 saturated heterocycles. The Labute approximate surface area is 251 Å². The van der Waals surface area contributed by atoms with E-state index in [4.69, 9.17) is 9.51 Å². The van der Waals surface area contributed by atoms with Crippen molar-refractivity contribution in [3.8, 4) is 0 Å². The molecule has 3 aliphatic carbocycles. The molecule has 0 unspecified atom stereocenters. The fourth-order valence-corrected chi connectivity index (χ4v) is 5.83. The zero-order valence-corrected chi connectivity index (χ0v) is 24.7. The van der Waals surface area contributed by atoms with Crippen molar-refractivity contribution in [2.24, 2.45) is 22.9 Å². The van der Waals surface area contributed by atoms with Crippen molar-refractivity contribution >= 4 is 24.6 Å². The first-order valence-corrected chi connectivity index (χ1v) is 15.0. The maximum atomic E-state index is 14.1. The van der Waals surface area contributed by atoms with Crippen LogP contribution in [0, 0.1) is 17.8 Å². The predicted molar refractivity (Wildman–Crippen MR) is 151 cm³/mol. The standard InChI is InChI=1S/C30H37F5N6O3/c1-16(25(18-4-5-18)38-24(42)13-17(2)30(33,34)35)12-23-37-22(14-41(23)36-3)27(20-8-10-29(31,32)11-9-20)39-28(43)21-15-44-40-26(21)19-6-7-19/h12,14-15,17-20,25,27H,3-11,13H2,1-2H3,(H,38,42)(H,39,43)/b16-12+/t17-,25-,27-/m0/s1. The Morgan fingerprint density at radius 3 is 2.43 bits per heavy atom. The van der Waals surface area contributed by atoms with Crippen molar-refractivity contribution in [3.63, 3.8) is 0 Å². The second-order valence-electron chi connectivity index (χ2n) is 12.5. The Hall–Kier alpha value is -3.58. The van der Waals surface area contributed by atoms with Crippen molar-refractivity contribution < 1.29 is 36.1 Å². The first-order valence-electron chi connectivity index (χ1n) is 15.0. The van der Waals surface area contributed by atoms with E-state index in [9.17, 15) is 31.5 Å². The zero-order valence-electron chi connectivity index (χ0n) is 24.7. The summed E-state index contributed by atoms with van der Waals surface area (Å²) in [5, 5.41) is 13.7. The molecule has 0 spiro atoms. The van der Waals surface area contributed by atoms with Crippen LogP contribution < -0.4 is 10.6 Å². The summed E-state index contributed by atoms with van der Waals surface area (Å²) in [6.07, 6.45) is 2.55. The quantitative estimate of drug-likeness (QED) is 0.210. The van der Waals surface area contributed by atoms with Crippen LogP contribution >= 0.6 is 0 Å². The van der Waals surface area contributed by atoms with Gasteiger partial charge in [0.1, 0.15) is 11.8 Å². The van der Waals surface area contributed by atoms with E-state index < -0.39 is 48.3 Å². The highest BCUT2D eigenvalue weighted by molar-refractivity contribution is 5.95. The van der Waals surface area contributed by atoms with Crippen LogP contribution in [0.15, 0.2) is 27.7 Å². The van der Waals surface area contributed by atoms with Crippen molar-refractivity contribution in [1.82, 2.24) is 25.5 Å². The predicted octanol–water partition coefficient (Wildman–Crippen LogP) is 6.40. The highest BCUT2D eigenvalue weighted by Crippen LogP contribution is 2.43. The molecule has 3 fully saturated rings. The van der Waals surface area contributed by atoms with Gasteiger partial charge >= 0.3 is 6.18 Å². The van der Waals surface area contributed by atoms with Gasteiger partial charge in [-0.2, -0.15) is 18.3 Å². The van der Waals surface area contributed by atoms with Crippen LogP contribution in [0.3, 0.4) is 0 Å². The number of nitrogens with zero attached hydrogens (tertiary/aromatic N) is 4. The van der Waals surface area contributed by atoms with E-state index in [1.807, 2.05) is 0 Å². The van der Waals surface area contributed by atoms with Crippen LogP contribution in [0.4, 0.5) is 22.0 Å². The molecule has 3 saturated carbocycles. The van der Waals surface area contributed by atoms with Crippen molar-refractivity contribution in [2.45, 2.75) is 102 Å². The molecule has 0 aliphatic heterocycles. The van der Waals surface area contributed by atoms with Crippen LogP contribution in [-0.2, 0) is 4.79 Å². The van der Waals surface area contributed by atoms with E-state index in [1.165, 1.54) is 10.9 Å². The minimum Gasteiger partial charge on any atom is -0.364 e. The third-order valence-corrected chi connectivity index (χ3v) is 8.84. The molecule has 240 valence electrons. The lowest BCUT2D eigenvalue weighted by Gasteiger charge is -2.33. The number of hydrogen-bond donors (Lipinski definition) is 2. The summed E-state index contributed by atoms with van der Waals surface area (Å²) in [5.41, 5.74) is 1.94. The van der Waals surface area contributed by atoms with Gasteiger partial charge in [-0.25, -0.2) is 18.4 Å². The number of carbonyl (C=O) groups excluding carboxylic acids is 2. The Kier molecular flexibility index (Phi) is 8.99. The molecule has 0 radical (unpaired) electrons. The number of imidazole rings is 1. The monoisotopic (exact) mass is 624 g/mol. The topological polar surface area (TPSA) is 114 Å². The SMILES string of the molecule is C=Nn1cc([C@@H](NC(=O)c2conc2C2CC2)C2CCC(F)(F)CC2)nc1/C=C(\C)[C@H](NC(=O)C[C@H](C)C(F)(F)F)C1CC1. The fraction of sp³-hybridized carbons (Fsp3) is 0.633. The maximum Gasteiger partial charge on any atom is 0.392 e. The summed E-state index contributed by atoms with van der Waals surface area (Å²) in [4.78, 5) is 30.6. The first kappa shape index (κ1) is 31.8. The molecule has 9 nitrogen and oxygen atoms in total. The molecule has 2 heterocycles. The van der Waals surface area contributed by atoms with Crippen LogP contribution in [-0.4, -0.2) is 51.5 Å². The average molecular weight is 625 g/mol. The second-order valence-corrected chi connectivity index (χ2v) is 12.5. The van der Waals surface area contributed by atoms with Gasteiger partial charge < -0.3 is 15.2 Å². The van der Waals surface area contributed by atoms with Crippen LogP contribution in [0.2, 0.25) is 0 Å². The molecular formula is C30H37F5N6O3. The van der Waals surface area contributed by atoms with Crippen molar-refractivity contribution in [3.05, 3.63) is 40.8 Å². The number of nitrogens with one attached hydrogen (secondary N) is 2. The highest BCUT2D eigenvalue weighted by atomic mass is 19.4. The number of carbonyl (C=O) groups is 2. The minimum atomic E-state index is -4.47. The summed E-state index contributed by atoms with van der Waals surface area (Å²) in [5.74, 6) is -5.45. The highest BCUT2D eigenvalue weighted by Gasteiger charge is 2.41. The number of halogens is 5. The minimum absolute atomic E-state index is 0.0798. The summed E-state index contributed by atoms with van der Waals surface area (Å²) in [7, 11) is 0. The smallest absolute Gasteiger partial charge is 0.364 e. The van der Waals surface area contributed by atoms with E-state index in [2.05, 4.69) is 27.6 Å². The Morgan fingerprint density at radius 2 is 1.84 bits per heavy atom. The van der Waals surface area contributed by atoms with Gasteiger partial charge in [-0.3, -0.25) is 9.59 Å². The van der Waals surface area contributed by atoms with Gasteiger partial charge in [-0.1, -0.05) is 12.1 Å². The fourth-order valence-electron chi connectivity index (χ4n) is 5.83. The number of hydrogen-bond acceptors (Lipinski definition) is 6. The molecule has 14 heteroatoms. The number of alkyl halides is 5. The zero-order chi connectivity index (χ0) is 31.8. The maximum absolute atomic E-state index is 14.1. The first-order chi connectivity index (χ1) is 20.8. The van der Waals surface area contributed by atoms with Gasteiger partial charge in [0.2, 0.25) is 11.8 Å². The van der Waals surface area contributed by atoms with Crippen LogP contribution in [0.5, 0.6) is 0 Å². The number of amides is 2. The normalized spacial score (nSPS) is 21.4.